The average molecular weight is 751 g/mol. The third kappa shape index (κ3) is 7.38. The van der Waals surface area contributed by atoms with Gasteiger partial charge in [-0.15, -0.1) is 0 Å². The van der Waals surface area contributed by atoms with Gasteiger partial charge in [0.2, 0.25) is 9.84 Å². The van der Waals surface area contributed by atoms with Crippen LogP contribution in [0.4, 0.5) is 8.78 Å². The topological polar surface area (TPSA) is 161 Å². The molecule has 0 heterocycles. The van der Waals surface area contributed by atoms with Gasteiger partial charge in [-0.3, -0.25) is 9.11 Å². The molecule has 51 heavy (non-hydrogen) atoms. The smallest absolute Gasteiger partial charge is 0.298 e. The van der Waals surface area contributed by atoms with Crippen molar-refractivity contribution in [1.29, 1.82) is 0 Å². The second-order valence-electron chi connectivity index (χ2n) is 10.8. The summed E-state index contributed by atoms with van der Waals surface area (Å²) in [4.78, 5) is -3.72. The van der Waals surface area contributed by atoms with Gasteiger partial charge in [0, 0.05) is 11.1 Å². The zero-order valence-electron chi connectivity index (χ0n) is 25.8. The van der Waals surface area contributed by atoms with Gasteiger partial charge in [0.15, 0.2) is 11.5 Å². The molecule has 0 saturated carbocycles. The quantitative estimate of drug-likeness (QED) is 0.131. The Morgan fingerprint density at radius 2 is 0.765 bits per heavy atom. The lowest BCUT2D eigenvalue weighted by Crippen LogP contribution is -2.13. The summed E-state index contributed by atoms with van der Waals surface area (Å²) in [7, 11) is -15.8. The zero-order chi connectivity index (χ0) is 36.6. The number of ether oxygens (including phenoxy) is 2. The van der Waals surface area contributed by atoms with Gasteiger partial charge in [-0.05, 0) is 71.8 Å². The monoisotopic (exact) mass is 750 g/mol. The van der Waals surface area contributed by atoms with E-state index in [2.05, 4.69) is 0 Å². The van der Waals surface area contributed by atoms with Crippen LogP contribution in [0.25, 0.3) is 22.3 Å². The number of hydrogen-bond donors (Lipinski definition) is 2. The third-order valence-electron chi connectivity index (χ3n) is 7.48. The van der Waals surface area contributed by atoms with Crippen LogP contribution in [-0.4, -0.2) is 34.4 Å². The Balaban J connectivity index is 1.70. The van der Waals surface area contributed by atoms with Gasteiger partial charge in [-0.25, -0.2) is 17.2 Å². The van der Waals surface area contributed by atoms with E-state index in [1.54, 1.807) is 12.1 Å². The minimum Gasteiger partial charge on any atom is -0.454 e. The number of halogens is 2. The summed E-state index contributed by atoms with van der Waals surface area (Å²) in [5.74, 6) is -3.18. The maximum atomic E-state index is 14.8. The summed E-state index contributed by atoms with van der Waals surface area (Å²) in [6, 6.07) is 27.8. The van der Waals surface area contributed by atoms with E-state index in [-0.39, 0.29) is 33.8 Å². The van der Waals surface area contributed by atoms with Crippen LogP contribution in [0.2, 0.25) is 0 Å². The van der Waals surface area contributed by atoms with Crippen LogP contribution in [0.15, 0.2) is 153 Å². The zero-order valence-corrected chi connectivity index (χ0v) is 28.3. The minimum absolute atomic E-state index is 0.0545. The molecule has 6 rings (SSSR count). The van der Waals surface area contributed by atoms with Crippen molar-refractivity contribution in [1.82, 2.24) is 0 Å². The molecule has 6 aromatic carbocycles. The molecule has 0 fully saturated rings. The van der Waals surface area contributed by atoms with E-state index < -0.39 is 72.8 Å². The van der Waals surface area contributed by atoms with Crippen molar-refractivity contribution in [2.24, 2.45) is 0 Å². The molecule has 0 unspecified atom stereocenters. The number of rotatable bonds is 10. The molecule has 0 saturated heterocycles. The molecule has 2 N–H and O–H groups in total. The lowest BCUT2D eigenvalue weighted by atomic mass is 10.1. The van der Waals surface area contributed by atoms with E-state index in [9.17, 15) is 43.1 Å². The summed E-state index contributed by atoms with van der Waals surface area (Å²) in [6.07, 6.45) is 0. The predicted octanol–water partition coefficient (Wildman–Crippen LogP) is 8.21. The first-order valence-electron chi connectivity index (χ1n) is 14.7. The van der Waals surface area contributed by atoms with Crippen molar-refractivity contribution in [3.05, 3.63) is 145 Å². The fraction of sp³-hybridized carbons (Fsp3) is 0. The van der Waals surface area contributed by atoms with E-state index >= 15 is 0 Å². The Morgan fingerprint density at radius 1 is 0.431 bits per heavy atom. The molecular formula is C36H24F2O10S3. The number of para-hydroxylation sites is 2. The standard InChI is InChI=1S/C36H24F2O10S3/c37-25-15-11-23(12-16-25)29-19-21-31(33(35(29)50(41,42)43)47-27-7-3-1-4-8-27)49(39,40)32-22-20-30(24-13-17-26(38)18-14-24)36(51(44,45)46)34(32)48-28-9-5-2-6-10-28/h1-22H,(H,41,42,43)(H,44,45,46). The Morgan fingerprint density at radius 3 is 1.08 bits per heavy atom. The molecule has 0 radical (unpaired) electrons. The fourth-order valence-electron chi connectivity index (χ4n) is 5.26. The predicted molar refractivity (Wildman–Crippen MR) is 182 cm³/mol. The summed E-state index contributed by atoms with van der Waals surface area (Å²) in [5, 5.41) is 0. The van der Waals surface area contributed by atoms with Gasteiger partial charge < -0.3 is 9.47 Å². The highest BCUT2D eigenvalue weighted by molar-refractivity contribution is 7.92. The highest BCUT2D eigenvalue weighted by atomic mass is 32.2. The first-order chi connectivity index (χ1) is 24.1. The van der Waals surface area contributed by atoms with E-state index in [4.69, 9.17) is 9.47 Å². The van der Waals surface area contributed by atoms with Crippen molar-refractivity contribution >= 4 is 30.1 Å². The van der Waals surface area contributed by atoms with Gasteiger partial charge in [0.1, 0.15) is 42.7 Å². The van der Waals surface area contributed by atoms with Crippen LogP contribution in [0.3, 0.4) is 0 Å². The van der Waals surface area contributed by atoms with Crippen molar-refractivity contribution in [2.75, 3.05) is 0 Å². The van der Waals surface area contributed by atoms with Crippen LogP contribution in [0.5, 0.6) is 23.0 Å². The highest BCUT2D eigenvalue weighted by Crippen LogP contribution is 2.48. The summed E-state index contributed by atoms with van der Waals surface area (Å²) in [6.45, 7) is 0. The molecular weight excluding hydrogens is 727 g/mol. The molecule has 10 nitrogen and oxygen atoms in total. The average Bonchev–Trinajstić information content (AvgIpc) is 3.08. The SMILES string of the molecule is O=S(=O)(O)c1c(-c2ccc(F)cc2)ccc(S(=O)(=O)c2ccc(-c3ccc(F)cc3)c(S(=O)(=O)O)c2Oc2ccccc2)c1Oc1ccccc1. The second kappa shape index (κ2) is 13.7. The maximum Gasteiger partial charge on any atom is 0.298 e. The molecule has 0 aromatic heterocycles. The molecule has 0 atom stereocenters. The van der Waals surface area contributed by atoms with Crippen molar-refractivity contribution in [3.63, 3.8) is 0 Å². The fourth-order valence-corrected chi connectivity index (χ4v) is 8.60. The molecule has 0 bridgehead atoms. The summed E-state index contributed by atoms with van der Waals surface area (Å²) in [5.41, 5.74) is -0.380. The van der Waals surface area contributed by atoms with Gasteiger partial charge in [-0.1, -0.05) is 72.8 Å². The van der Waals surface area contributed by atoms with Crippen LogP contribution in [-0.2, 0) is 30.1 Å². The number of sulfone groups is 1. The molecule has 0 aliphatic carbocycles. The number of benzene rings is 6. The second-order valence-corrected chi connectivity index (χ2v) is 15.4. The molecule has 260 valence electrons. The lowest BCUT2D eigenvalue weighted by molar-refractivity contribution is 0.437. The van der Waals surface area contributed by atoms with Gasteiger partial charge in [-0.2, -0.15) is 16.8 Å². The van der Waals surface area contributed by atoms with E-state index in [0.717, 1.165) is 48.5 Å². The van der Waals surface area contributed by atoms with Crippen LogP contribution < -0.4 is 9.47 Å². The maximum absolute atomic E-state index is 14.8. The highest BCUT2D eigenvalue weighted by Gasteiger charge is 2.37. The summed E-state index contributed by atoms with van der Waals surface area (Å²) < 4.78 is 142. The normalized spacial score (nSPS) is 12.0. The molecule has 0 aliphatic heterocycles. The van der Waals surface area contributed by atoms with Crippen molar-refractivity contribution in [3.8, 4) is 45.3 Å². The Labute approximate surface area is 291 Å². The first-order valence-corrected chi connectivity index (χ1v) is 19.0. The van der Waals surface area contributed by atoms with E-state index in [1.807, 2.05) is 0 Å². The molecule has 6 aromatic rings. The first kappa shape index (κ1) is 35.4. The van der Waals surface area contributed by atoms with Crippen LogP contribution >= 0.6 is 0 Å². The lowest BCUT2D eigenvalue weighted by Gasteiger charge is -2.21. The van der Waals surface area contributed by atoms with Gasteiger partial charge in [0.05, 0.1) is 0 Å². The summed E-state index contributed by atoms with van der Waals surface area (Å²) >= 11 is 0. The van der Waals surface area contributed by atoms with E-state index in [1.165, 1.54) is 72.8 Å². The van der Waals surface area contributed by atoms with Crippen LogP contribution in [0.1, 0.15) is 0 Å². The van der Waals surface area contributed by atoms with E-state index in [0.29, 0.717) is 0 Å². The molecule has 15 heteroatoms. The van der Waals surface area contributed by atoms with Crippen molar-refractivity contribution in [2.45, 2.75) is 19.6 Å². The Hall–Kier alpha value is -5.45. The largest absolute Gasteiger partial charge is 0.454 e. The Kier molecular flexibility index (Phi) is 9.50. The van der Waals surface area contributed by atoms with Crippen LogP contribution in [0, 0.1) is 11.6 Å². The molecule has 0 amide bonds. The minimum atomic E-state index is -5.32. The Bertz CT molecular complexity index is 2410. The number of hydrogen-bond acceptors (Lipinski definition) is 8. The van der Waals surface area contributed by atoms with Crippen molar-refractivity contribution < 1.29 is 52.6 Å². The third-order valence-corrected chi connectivity index (χ3v) is 11.1. The molecule has 0 aliphatic rings. The molecule has 0 spiro atoms. The van der Waals surface area contributed by atoms with Gasteiger partial charge in [0.25, 0.3) is 20.2 Å². The van der Waals surface area contributed by atoms with Gasteiger partial charge >= 0.3 is 0 Å².